The first-order valence-corrected chi connectivity index (χ1v) is 21.1. The summed E-state index contributed by atoms with van der Waals surface area (Å²) in [7, 11) is 0. The third kappa shape index (κ3) is 13.1. The molecule has 59 heavy (non-hydrogen) atoms. The Labute approximate surface area is 357 Å². The summed E-state index contributed by atoms with van der Waals surface area (Å²) in [4.78, 5) is 0. The molecule has 4 nitrogen and oxygen atoms in total. The monoisotopic (exact) mass is 862 g/mol. The van der Waals surface area contributed by atoms with E-state index in [9.17, 15) is 17.6 Å². The molecule has 0 N–H and O–H groups in total. The zero-order valence-corrected chi connectivity index (χ0v) is 34.9. The highest BCUT2D eigenvalue weighted by atomic mass is 35.5. The molecule has 0 radical (unpaired) electrons. The van der Waals surface area contributed by atoms with Gasteiger partial charge < -0.3 is 18.9 Å². The van der Waals surface area contributed by atoms with E-state index in [0.717, 1.165) is 22.6 Å². The lowest BCUT2D eigenvalue weighted by Gasteiger charge is -2.22. The summed E-state index contributed by atoms with van der Waals surface area (Å²) in [5.74, 6) is 3.56. The summed E-state index contributed by atoms with van der Waals surface area (Å²) < 4.78 is 79.2. The Bertz CT molecular complexity index is 2100. The molecule has 0 saturated heterocycles. The second-order valence-corrected chi connectivity index (χ2v) is 16.4. The fourth-order valence-corrected chi connectivity index (χ4v) is 8.43. The molecule has 0 bridgehead atoms. The number of alkyl halides is 4. The highest BCUT2D eigenvalue weighted by molar-refractivity contribution is 7.99. The van der Waals surface area contributed by atoms with Crippen molar-refractivity contribution in [3.63, 3.8) is 0 Å². The lowest BCUT2D eigenvalue weighted by Crippen LogP contribution is -2.13. The smallest absolute Gasteiger partial charge is 0.387 e. The van der Waals surface area contributed by atoms with Crippen LogP contribution in [-0.2, 0) is 25.7 Å². The van der Waals surface area contributed by atoms with Crippen molar-refractivity contribution < 1.29 is 36.5 Å². The van der Waals surface area contributed by atoms with Crippen molar-refractivity contribution in [2.24, 2.45) is 11.8 Å². The van der Waals surface area contributed by atoms with Gasteiger partial charge in [-0.05, 0) is 107 Å². The number of benzene rings is 6. The van der Waals surface area contributed by atoms with Gasteiger partial charge in [-0.2, -0.15) is 29.3 Å². The van der Waals surface area contributed by atoms with Crippen LogP contribution in [0.3, 0.4) is 0 Å². The van der Waals surface area contributed by atoms with Crippen LogP contribution in [0.15, 0.2) is 133 Å². The van der Waals surface area contributed by atoms with E-state index in [1.54, 1.807) is 84.6 Å². The molecule has 0 amide bonds. The van der Waals surface area contributed by atoms with Crippen LogP contribution in [0.5, 0.6) is 34.5 Å². The van der Waals surface area contributed by atoms with Crippen LogP contribution in [0.4, 0.5) is 17.6 Å². The van der Waals surface area contributed by atoms with Crippen LogP contribution in [0.2, 0.25) is 10.0 Å². The Morgan fingerprint density at radius 1 is 0.508 bits per heavy atom. The third-order valence-electron chi connectivity index (χ3n) is 9.45. The number of thioether (sulfide) groups is 1. The minimum atomic E-state index is -3.04. The van der Waals surface area contributed by atoms with Crippen LogP contribution in [-0.4, -0.2) is 24.7 Å². The minimum Gasteiger partial charge on any atom is -0.457 e. The number of rotatable bonds is 20. The molecule has 0 aliphatic rings. The van der Waals surface area contributed by atoms with Crippen molar-refractivity contribution in [3.05, 3.63) is 177 Å². The molecule has 11 heteroatoms. The quantitative estimate of drug-likeness (QED) is 0.0715. The number of halogens is 6. The van der Waals surface area contributed by atoms with E-state index in [1.165, 1.54) is 0 Å². The van der Waals surface area contributed by atoms with Gasteiger partial charge in [-0.1, -0.05) is 122 Å². The van der Waals surface area contributed by atoms with Gasteiger partial charge in [0.05, 0.1) is 0 Å². The normalized spacial score (nSPS) is 12.4. The average molecular weight is 864 g/mol. The second kappa shape index (κ2) is 21.4. The van der Waals surface area contributed by atoms with E-state index in [-0.39, 0.29) is 23.3 Å². The molecule has 0 heterocycles. The van der Waals surface area contributed by atoms with Crippen LogP contribution in [0.25, 0.3) is 0 Å². The predicted octanol–water partition coefficient (Wildman–Crippen LogP) is 14.8. The molecule has 0 aliphatic heterocycles. The number of hydrogen-bond donors (Lipinski definition) is 0. The van der Waals surface area contributed by atoms with Crippen molar-refractivity contribution in [3.8, 4) is 34.5 Å². The third-order valence-corrected chi connectivity index (χ3v) is 11.5. The van der Waals surface area contributed by atoms with Crippen molar-refractivity contribution in [2.75, 3.05) is 11.5 Å². The van der Waals surface area contributed by atoms with Gasteiger partial charge in [0.15, 0.2) is 0 Å². The van der Waals surface area contributed by atoms with Gasteiger partial charge >= 0.3 is 13.2 Å². The standard InChI is InChI=1S/C48H44Cl2F4O4S/c1-31(23-35-19-21-43(55-39-17-9-15-37(49)27-39)41(45(35)57-47(51)52)25-33-11-5-3-6-12-33)29-59-30-32(2)24-36-20-22-44(56-40-18-10-16-38(50)28-40)42(46(36)58-48(53)54)26-34-13-7-4-8-14-34/h3-22,27-28,31-32,47-48H,23-26,29-30H2,1-2H3. The molecule has 0 fully saturated rings. The van der Waals surface area contributed by atoms with E-state index >= 15 is 0 Å². The first-order chi connectivity index (χ1) is 28.5. The summed E-state index contributed by atoms with van der Waals surface area (Å²) in [5, 5.41) is 0.973. The first kappa shape index (κ1) is 43.7. The molecule has 6 rings (SSSR count). The lowest BCUT2D eigenvalue weighted by atomic mass is 9.95. The molecule has 6 aromatic rings. The van der Waals surface area contributed by atoms with Gasteiger partial charge in [-0.3, -0.25) is 0 Å². The Kier molecular flexibility index (Phi) is 15.9. The molecule has 0 spiro atoms. The van der Waals surface area contributed by atoms with Gasteiger partial charge in [0, 0.05) is 34.0 Å². The highest BCUT2D eigenvalue weighted by Gasteiger charge is 2.24. The van der Waals surface area contributed by atoms with Gasteiger partial charge in [-0.25, -0.2) is 0 Å². The zero-order chi connectivity index (χ0) is 41.7. The fraction of sp³-hybridized carbons (Fsp3) is 0.250. The maximum absolute atomic E-state index is 14.1. The van der Waals surface area contributed by atoms with E-state index < -0.39 is 13.2 Å². The van der Waals surface area contributed by atoms with E-state index in [0.29, 0.717) is 81.0 Å². The van der Waals surface area contributed by atoms with Gasteiger partial charge in [0.1, 0.15) is 34.5 Å². The molecule has 308 valence electrons. The van der Waals surface area contributed by atoms with Gasteiger partial charge in [-0.15, -0.1) is 0 Å². The molecule has 0 saturated carbocycles. The van der Waals surface area contributed by atoms with Crippen LogP contribution >= 0.6 is 35.0 Å². The Morgan fingerprint density at radius 2 is 0.915 bits per heavy atom. The van der Waals surface area contributed by atoms with Crippen LogP contribution in [0, 0.1) is 11.8 Å². The lowest BCUT2D eigenvalue weighted by molar-refractivity contribution is -0.0518. The molecular weight excluding hydrogens is 819 g/mol. The molecule has 2 unspecified atom stereocenters. The fourth-order valence-electron chi connectivity index (χ4n) is 6.89. The summed E-state index contributed by atoms with van der Waals surface area (Å²) >= 11 is 14.1. The predicted molar refractivity (Wildman–Crippen MR) is 231 cm³/mol. The van der Waals surface area contributed by atoms with Crippen LogP contribution < -0.4 is 18.9 Å². The first-order valence-electron chi connectivity index (χ1n) is 19.2. The SMILES string of the molecule is CC(CSCC(C)Cc1ccc(Oc2cccc(Cl)c2)c(Cc2ccccc2)c1OC(F)F)Cc1ccc(Oc2cccc(Cl)c2)c(Cc2ccccc2)c1OC(F)F. The maximum atomic E-state index is 14.1. The van der Waals surface area contributed by atoms with E-state index in [1.807, 2.05) is 60.7 Å². The Morgan fingerprint density at radius 3 is 1.29 bits per heavy atom. The van der Waals surface area contributed by atoms with Crippen molar-refractivity contribution in [2.45, 2.75) is 52.8 Å². The molecule has 6 aromatic carbocycles. The van der Waals surface area contributed by atoms with Crippen molar-refractivity contribution in [1.29, 1.82) is 0 Å². The van der Waals surface area contributed by atoms with Crippen molar-refractivity contribution in [1.82, 2.24) is 0 Å². The minimum absolute atomic E-state index is 0.0784. The average Bonchev–Trinajstić information content (AvgIpc) is 3.19. The van der Waals surface area contributed by atoms with E-state index in [4.69, 9.17) is 42.1 Å². The van der Waals surface area contributed by atoms with Gasteiger partial charge in [0.25, 0.3) is 0 Å². The number of hydrogen-bond acceptors (Lipinski definition) is 5. The van der Waals surface area contributed by atoms with Gasteiger partial charge in [0.2, 0.25) is 0 Å². The largest absolute Gasteiger partial charge is 0.457 e. The topological polar surface area (TPSA) is 36.9 Å². The molecular formula is C48H44Cl2F4O4S. The zero-order valence-electron chi connectivity index (χ0n) is 32.6. The summed E-state index contributed by atoms with van der Waals surface area (Å²) in [6, 6.07) is 40.1. The number of ether oxygens (including phenoxy) is 4. The summed E-state index contributed by atoms with van der Waals surface area (Å²) in [6.45, 7) is -1.94. The molecule has 0 aromatic heterocycles. The van der Waals surface area contributed by atoms with E-state index in [2.05, 4.69) is 13.8 Å². The van der Waals surface area contributed by atoms with Crippen molar-refractivity contribution >= 4 is 35.0 Å². The Hall–Kier alpha value is -4.83. The highest BCUT2D eigenvalue weighted by Crippen LogP contribution is 2.41. The maximum Gasteiger partial charge on any atom is 0.387 e. The van der Waals surface area contributed by atoms with Crippen LogP contribution in [0.1, 0.15) is 47.2 Å². The second-order valence-electron chi connectivity index (χ2n) is 14.4. The molecule has 2 atom stereocenters. The Balaban J connectivity index is 1.18. The summed E-state index contributed by atoms with van der Waals surface area (Å²) in [6.07, 6.45) is 1.58. The summed E-state index contributed by atoms with van der Waals surface area (Å²) in [5.41, 5.74) is 4.15. The molecule has 0 aliphatic carbocycles.